The Balaban J connectivity index is 1.26. The highest BCUT2D eigenvalue weighted by Crippen LogP contribution is 2.49. The van der Waals surface area contributed by atoms with E-state index in [0.29, 0.717) is 29.3 Å². The largest absolute Gasteiger partial charge is 0.451 e. The van der Waals surface area contributed by atoms with E-state index in [0.717, 1.165) is 46.0 Å². The average molecular weight is 595 g/mol. The molecule has 11 heteroatoms. The summed E-state index contributed by atoms with van der Waals surface area (Å²) in [5, 5.41) is 11.6. The van der Waals surface area contributed by atoms with E-state index in [-0.39, 0.29) is 24.5 Å². The van der Waals surface area contributed by atoms with Crippen LogP contribution < -0.4 is 5.32 Å². The third kappa shape index (κ3) is 5.84. The first-order valence-corrected chi connectivity index (χ1v) is 14.4. The minimum atomic E-state index is -0.544. The van der Waals surface area contributed by atoms with Crippen molar-refractivity contribution < 1.29 is 23.5 Å². The Labute approximate surface area is 254 Å². The lowest BCUT2D eigenvalue weighted by Crippen LogP contribution is -2.35. The molecule has 226 valence electrons. The predicted octanol–water partition coefficient (Wildman–Crippen LogP) is 4.95. The summed E-state index contributed by atoms with van der Waals surface area (Å²) in [5.41, 5.74) is 6.09. The lowest BCUT2D eigenvalue weighted by molar-refractivity contribution is -0.0141. The maximum Gasteiger partial charge on any atom is 0.271 e. The van der Waals surface area contributed by atoms with E-state index in [4.69, 9.17) is 13.9 Å². The molecule has 2 N–H and O–H groups in total. The van der Waals surface area contributed by atoms with Gasteiger partial charge in [0, 0.05) is 43.9 Å². The SMILES string of the molecule is COC[C@@H](OCc1cocn1)c1ccc(C(=O)NC2(c3cc(-c4cc(C(=O)N(C)C)[nH]n4)cc4ncccc34)CC2)c(C)c1. The highest BCUT2D eigenvalue weighted by Gasteiger charge is 2.47. The number of nitrogens with zero attached hydrogens (tertiary/aromatic N) is 4. The highest BCUT2D eigenvalue weighted by atomic mass is 16.5. The van der Waals surface area contributed by atoms with E-state index in [9.17, 15) is 9.59 Å². The molecule has 0 radical (unpaired) electrons. The minimum Gasteiger partial charge on any atom is -0.451 e. The first-order valence-electron chi connectivity index (χ1n) is 14.4. The predicted molar refractivity (Wildman–Crippen MR) is 163 cm³/mol. The molecule has 1 saturated carbocycles. The van der Waals surface area contributed by atoms with E-state index in [1.54, 1.807) is 39.7 Å². The molecule has 1 aliphatic carbocycles. The maximum absolute atomic E-state index is 13.8. The number of rotatable bonds is 11. The van der Waals surface area contributed by atoms with E-state index in [1.807, 2.05) is 43.3 Å². The van der Waals surface area contributed by atoms with E-state index >= 15 is 0 Å². The molecule has 3 heterocycles. The van der Waals surface area contributed by atoms with Crippen molar-refractivity contribution in [3.05, 3.63) is 101 Å². The van der Waals surface area contributed by atoms with Crippen molar-refractivity contribution >= 4 is 22.7 Å². The number of oxazole rings is 1. The molecular weight excluding hydrogens is 560 g/mol. The first-order chi connectivity index (χ1) is 21.3. The van der Waals surface area contributed by atoms with Crippen LogP contribution in [-0.2, 0) is 21.6 Å². The molecule has 1 aliphatic rings. The van der Waals surface area contributed by atoms with Gasteiger partial charge in [0.2, 0.25) is 0 Å². The van der Waals surface area contributed by atoms with Crippen LogP contribution >= 0.6 is 0 Å². The topological polar surface area (TPSA) is 135 Å². The van der Waals surface area contributed by atoms with Crippen LogP contribution in [0.1, 0.15) is 62.2 Å². The van der Waals surface area contributed by atoms with Gasteiger partial charge in [0.05, 0.1) is 30.0 Å². The Hall–Kier alpha value is -4.87. The molecule has 0 bridgehead atoms. The summed E-state index contributed by atoms with van der Waals surface area (Å²) >= 11 is 0. The van der Waals surface area contributed by atoms with Gasteiger partial charge in [0.1, 0.15) is 23.8 Å². The van der Waals surface area contributed by atoms with E-state index in [1.165, 1.54) is 11.3 Å². The second-order valence-electron chi connectivity index (χ2n) is 11.3. The number of pyridine rings is 1. The molecule has 11 nitrogen and oxygen atoms in total. The lowest BCUT2D eigenvalue weighted by atomic mass is 9.94. The van der Waals surface area contributed by atoms with Crippen LogP contribution in [0, 0.1) is 6.92 Å². The molecule has 0 saturated heterocycles. The molecule has 3 aromatic heterocycles. The van der Waals surface area contributed by atoms with Crippen molar-refractivity contribution in [1.82, 2.24) is 30.4 Å². The van der Waals surface area contributed by atoms with Crippen molar-refractivity contribution in [2.45, 2.75) is 38.0 Å². The number of nitrogens with one attached hydrogen (secondary N) is 2. The Morgan fingerprint density at radius 1 is 1.14 bits per heavy atom. The molecule has 0 spiro atoms. The number of aryl methyl sites for hydroxylation is 1. The van der Waals surface area contributed by atoms with Crippen molar-refractivity contribution in [2.24, 2.45) is 0 Å². The summed E-state index contributed by atoms with van der Waals surface area (Å²) in [7, 11) is 5.02. The smallest absolute Gasteiger partial charge is 0.271 e. The fraction of sp³-hybridized carbons (Fsp3) is 0.303. The quantitative estimate of drug-likeness (QED) is 0.219. The van der Waals surface area contributed by atoms with E-state index in [2.05, 4.69) is 31.5 Å². The molecule has 5 aromatic rings. The highest BCUT2D eigenvalue weighted by molar-refractivity contribution is 5.98. The molecule has 1 atom stereocenters. The molecule has 1 fully saturated rings. The van der Waals surface area contributed by atoms with Gasteiger partial charge >= 0.3 is 0 Å². The number of hydrogen-bond donors (Lipinski definition) is 2. The van der Waals surface area contributed by atoms with Gasteiger partial charge < -0.3 is 24.1 Å². The fourth-order valence-electron chi connectivity index (χ4n) is 5.45. The number of H-pyrrole nitrogens is 1. The van der Waals surface area contributed by atoms with Gasteiger partial charge in [-0.25, -0.2) is 4.98 Å². The number of amides is 2. The average Bonchev–Trinajstić information content (AvgIpc) is 3.38. The summed E-state index contributed by atoms with van der Waals surface area (Å²) in [5.74, 6) is -0.315. The van der Waals surface area contributed by atoms with Crippen LogP contribution in [0.5, 0.6) is 0 Å². The van der Waals surface area contributed by atoms with Crippen LogP contribution in [0.4, 0.5) is 0 Å². The van der Waals surface area contributed by atoms with Crippen LogP contribution in [0.3, 0.4) is 0 Å². The number of methoxy groups -OCH3 is 1. The van der Waals surface area contributed by atoms with Crippen LogP contribution in [-0.4, -0.2) is 64.7 Å². The first kappa shape index (κ1) is 29.2. The van der Waals surface area contributed by atoms with Crippen molar-refractivity contribution in [2.75, 3.05) is 27.8 Å². The molecule has 0 aliphatic heterocycles. The Bertz CT molecular complexity index is 1810. The zero-order valence-corrected chi connectivity index (χ0v) is 25.1. The molecule has 6 rings (SSSR count). The van der Waals surface area contributed by atoms with Gasteiger partial charge in [-0.15, -0.1) is 0 Å². The van der Waals surface area contributed by atoms with Crippen LogP contribution in [0.15, 0.2) is 71.8 Å². The van der Waals surface area contributed by atoms with E-state index < -0.39 is 5.54 Å². The summed E-state index contributed by atoms with van der Waals surface area (Å²) in [4.78, 5) is 36.4. The lowest BCUT2D eigenvalue weighted by Gasteiger charge is -2.22. The molecule has 2 amide bonds. The number of ether oxygens (including phenoxy) is 2. The van der Waals surface area contributed by atoms with Crippen molar-refractivity contribution in [3.8, 4) is 11.3 Å². The fourth-order valence-corrected chi connectivity index (χ4v) is 5.45. The van der Waals surface area contributed by atoms with Crippen molar-refractivity contribution in [1.29, 1.82) is 0 Å². The van der Waals surface area contributed by atoms with Gasteiger partial charge in [-0.2, -0.15) is 5.10 Å². The number of aromatic amines is 1. The third-order valence-corrected chi connectivity index (χ3v) is 7.95. The van der Waals surface area contributed by atoms with Gasteiger partial charge in [-0.3, -0.25) is 19.7 Å². The Morgan fingerprint density at radius 2 is 1.98 bits per heavy atom. The summed E-state index contributed by atoms with van der Waals surface area (Å²) in [6.45, 7) is 2.55. The zero-order chi connectivity index (χ0) is 30.8. The monoisotopic (exact) mass is 594 g/mol. The second-order valence-corrected chi connectivity index (χ2v) is 11.3. The molecule has 2 aromatic carbocycles. The normalized spacial score (nSPS) is 14.4. The van der Waals surface area contributed by atoms with Gasteiger partial charge in [-0.05, 0) is 66.8 Å². The second kappa shape index (κ2) is 12.0. The van der Waals surface area contributed by atoms with Gasteiger partial charge in [-0.1, -0.05) is 18.2 Å². The number of carbonyl (C=O) groups is 2. The third-order valence-electron chi connectivity index (χ3n) is 7.95. The van der Waals surface area contributed by atoms with Crippen molar-refractivity contribution in [3.63, 3.8) is 0 Å². The summed E-state index contributed by atoms with van der Waals surface area (Å²) in [6.07, 6.45) is 5.91. The number of benzene rings is 2. The van der Waals surface area contributed by atoms with Crippen LogP contribution in [0.2, 0.25) is 0 Å². The maximum atomic E-state index is 13.8. The number of hydrogen-bond acceptors (Lipinski definition) is 8. The summed E-state index contributed by atoms with van der Waals surface area (Å²) in [6, 6.07) is 15.4. The zero-order valence-electron chi connectivity index (χ0n) is 25.1. The number of aromatic nitrogens is 4. The minimum absolute atomic E-state index is 0.153. The number of fused-ring (bicyclic) bond motifs is 1. The van der Waals surface area contributed by atoms with Gasteiger partial charge in [0.25, 0.3) is 11.8 Å². The molecular formula is C33H34N6O5. The number of carbonyl (C=O) groups excluding carboxylic acids is 2. The Morgan fingerprint density at radius 3 is 2.68 bits per heavy atom. The Kier molecular flexibility index (Phi) is 7.98. The molecule has 44 heavy (non-hydrogen) atoms. The standard InChI is InChI=1S/C33H34N6O5/c1-20-12-21(30(18-42-4)44-17-23-16-43-19-35-23)7-8-24(20)31(40)36-33(9-10-33)26-13-22(14-28-25(26)6-5-11-34-28)27-15-29(38-37-27)32(41)39(2)3/h5-8,11-16,19,30H,9-10,17-18H2,1-4H3,(H,36,40)(H,37,38)/t30-/m1/s1. The molecule has 0 unspecified atom stereocenters. The summed E-state index contributed by atoms with van der Waals surface area (Å²) < 4.78 is 16.5. The van der Waals surface area contributed by atoms with Crippen LogP contribution in [0.25, 0.3) is 22.2 Å². The van der Waals surface area contributed by atoms with Gasteiger partial charge in [0.15, 0.2) is 6.39 Å².